The Morgan fingerprint density at radius 3 is 2.94 bits per heavy atom. The number of para-hydroxylation sites is 1. The lowest BCUT2D eigenvalue weighted by molar-refractivity contribution is -0.205. The molecule has 3 N–H and O–H groups in total. The Morgan fingerprint density at radius 1 is 1.45 bits per heavy atom. The lowest BCUT2D eigenvalue weighted by Gasteiger charge is -2.29. The second-order valence-corrected chi connectivity index (χ2v) is 9.04. The van der Waals surface area contributed by atoms with E-state index in [0.717, 1.165) is 10.8 Å². The molecule has 1 fully saturated rings. The van der Waals surface area contributed by atoms with E-state index in [4.69, 9.17) is 33.3 Å². The van der Waals surface area contributed by atoms with Crippen LogP contribution in [0, 0.1) is 18.6 Å². The predicted molar refractivity (Wildman–Crippen MR) is 107 cm³/mol. The van der Waals surface area contributed by atoms with Gasteiger partial charge in [0.15, 0.2) is 11.0 Å². The molecule has 1 aromatic carbocycles. The third-order valence-corrected chi connectivity index (χ3v) is 6.36. The molecule has 10 nitrogen and oxygen atoms in total. The van der Waals surface area contributed by atoms with Crippen LogP contribution < -0.4 is 10.1 Å². The summed E-state index contributed by atoms with van der Waals surface area (Å²) in [5.74, 6) is -3.59. The number of phosphoric ester groups is 1. The van der Waals surface area contributed by atoms with Crippen LogP contribution in [0.5, 0.6) is 5.75 Å². The number of aliphatic hydroxyl groups excluding tert-OH is 2. The molecule has 13 heteroatoms. The van der Waals surface area contributed by atoms with Gasteiger partial charge < -0.3 is 19.5 Å². The fourth-order valence-corrected chi connectivity index (χ4v) is 4.59. The van der Waals surface area contributed by atoms with Gasteiger partial charge in [-0.3, -0.25) is 23.4 Å². The van der Waals surface area contributed by atoms with E-state index in [1.165, 1.54) is 6.92 Å². The molecule has 4 rings (SSSR count). The van der Waals surface area contributed by atoms with Crippen molar-refractivity contribution >= 4 is 20.0 Å². The summed E-state index contributed by atoms with van der Waals surface area (Å²) in [5.41, 5.74) is 0.684. The normalized spacial score (nSPS) is 33.9. The fraction of sp³-hybridized carbons (Fsp3) is 0.444. The highest BCUT2D eigenvalue weighted by Gasteiger charge is 2.57. The van der Waals surface area contributed by atoms with Gasteiger partial charge in [0.25, 0.3) is 11.4 Å². The maximum absolute atomic E-state index is 15.8. The first-order chi connectivity index (χ1) is 15.3. The number of halogens is 1. The standard InChI is InChI=1S/C18H20FN2O8PS/c1-9-4-3-5-11-7-26-30(25,29-13(9)11)27-8-18(19)14(23)12(22)16(28-18)21-6-10(2)15(24)20-17(21)31/h3-6,12,14,16,22-23H,7-8H2,1-2H3,(H,20,24,31)/t12-,14+,16-,18-,30?/m1/s1/i8D2. The van der Waals surface area contributed by atoms with Crippen molar-refractivity contribution in [2.75, 3.05) is 6.56 Å². The summed E-state index contributed by atoms with van der Waals surface area (Å²) >= 11 is 5.00. The summed E-state index contributed by atoms with van der Waals surface area (Å²) in [5, 5.41) is 20.8. The third-order valence-electron chi connectivity index (χ3n) is 4.88. The van der Waals surface area contributed by atoms with Crippen LogP contribution in [0.4, 0.5) is 4.39 Å². The molecule has 0 amide bonds. The SMILES string of the molecule is [2H]C([2H])(OP1(=O)OCc2cccc(C)c2O1)[C@@]1(F)O[C@@H](n2cc(C)c(=O)[nH]c2=S)[C@H](O)[C@@H]1O. The van der Waals surface area contributed by atoms with Crippen molar-refractivity contribution in [1.82, 2.24) is 9.55 Å². The van der Waals surface area contributed by atoms with Crippen LogP contribution in [-0.4, -0.2) is 44.4 Å². The molecule has 2 aliphatic heterocycles. The number of H-pyrrole nitrogens is 1. The largest absolute Gasteiger partial charge is 0.530 e. The summed E-state index contributed by atoms with van der Waals surface area (Å²) in [6, 6.07) is 5.00. The van der Waals surface area contributed by atoms with Crippen LogP contribution in [0.15, 0.2) is 29.2 Å². The van der Waals surface area contributed by atoms with Gasteiger partial charge in [-0.15, -0.1) is 0 Å². The molecule has 168 valence electrons. The number of hydrogen-bond donors (Lipinski definition) is 3. The molecule has 0 saturated carbocycles. The van der Waals surface area contributed by atoms with Gasteiger partial charge in [0.1, 0.15) is 24.5 Å². The predicted octanol–water partition coefficient (Wildman–Crippen LogP) is 2.17. The first-order valence-electron chi connectivity index (χ1n) is 10.1. The zero-order valence-corrected chi connectivity index (χ0v) is 18.0. The highest BCUT2D eigenvalue weighted by atomic mass is 32.1. The van der Waals surface area contributed by atoms with Gasteiger partial charge in [-0.2, -0.15) is 0 Å². The van der Waals surface area contributed by atoms with Crippen LogP contribution in [0.25, 0.3) is 0 Å². The van der Waals surface area contributed by atoms with E-state index in [1.54, 1.807) is 25.1 Å². The van der Waals surface area contributed by atoms with Crippen molar-refractivity contribution in [1.29, 1.82) is 0 Å². The number of aryl methyl sites for hydroxylation is 2. The number of rotatable bonds is 4. The van der Waals surface area contributed by atoms with Gasteiger partial charge in [0.05, 0.1) is 9.35 Å². The van der Waals surface area contributed by atoms with Crippen LogP contribution in [-0.2, 0) is 25.0 Å². The van der Waals surface area contributed by atoms with E-state index in [1.807, 2.05) is 0 Å². The molecule has 2 aliphatic rings. The van der Waals surface area contributed by atoms with Crippen molar-refractivity contribution in [2.45, 2.75) is 44.7 Å². The molecule has 3 heterocycles. The van der Waals surface area contributed by atoms with E-state index >= 15 is 4.39 Å². The van der Waals surface area contributed by atoms with Gasteiger partial charge in [-0.25, -0.2) is 8.96 Å². The van der Waals surface area contributed by atoms with Gasteiger partial charge in [-0.05, 0) is 31.6 Å². The number of hydrogen-bond acceptors (Lipinski definition) is 9. The molecule has 1 unspecified atom stereocenters. The van der Waals surface area contributed by atoms with E-state index in [2.05, 4.69) is 4.98 Å². The second-order valence-electron chi connectivity index (χ2n) is 7.14. The molecule has 31 heavy (non-hydrogen) atoms. The maximum atomic E-state index is 15.8. The average molecular weight is 476 g/mol. The number of nitrogens with one attached hydrogen (secondary N) is 1. The molecule has 0 aliphatic carbocycles. The molecule has 0 radical (unpaired) electrons. The Hall–Kier alpha value is -1.92. The Balaban J connectivity index is 1.64. The average Bonchev–Trinajstić information content (AvgIpc) is 2.96. The number of ether oxygens (including phenoxy) is 1. The van der Waals surface area contributed by atoms with Crippen molar-refractivity contribution in [3.8, 4) is 5.75 Å². The molecule has 0 spiro atoms. The van der Waals surface area contributed by atoms with Crippen LogP contribution in [0.1, 0.15) is 25.7 Å². The monoisotopic (exact) mass is 476 g/mol. The Kier molecular flexibility index (Phi) is 5.03. The summed E-state index contributed by atoms with van der Waals surface area (Å²) < 4.78 is 65.8. The molecule has 1 aromatic heterocycles. The molecule has 1 saturated heterocycles. The zero-order chi connectivity index (χ0) is 24.3. The maximum Gasteiger partial charge on any atom is 0.530 e. The minimum atomic E-state index is -4.71. The van der Waals surface area contributed by atoms with E-state index < -0.39 is 44.2 Å². The minimum Gasteiger partial charge on any atom is -0.403 e. The number of alkyl halides is 1. The van der Waals surface area contributed by atoms with Crippen LogP contribution in [0.2, 0.25) is 0 Å². The van der Waals surface area contributed by atoms with Crippen molar-refractivity contribution in [3.63, 3.8) is 0 Å². The first-order valence-corrected chi connectivity index (χ1v) is 10.9. The number of phosphoric acid groups is 1. The van der Waals surface area contributed by atoms with Crippen molar-refractivity contribution in [2.24, 2.45) is 0 Å². The fourth-order valence-electron chi connectivity index (χ4n) is 3.18. The van der Waals surface area contributed by atoms with Crippen LogP contribution in [0.3, 0.4) is 0 Å². The van der Waals surface area contributed by atoms with Gasteiger partial charge >= 0.3 is 7.82 Å². The highest BCUT2D eigenvalue weighted by Crippen LogP contribution is 2.56. The minimum absolute atomic E-state index is 0.131. The number of aliphatic hydroxyl groups is 2. The third kappa shape index (κ3) is 4.00. The number of aromatic amines is 1. The lowest BCUT2D eigenvalue weighted by Crippen LogP contribution is -2.43. The summed E-state index contributed by atoms with van der Waals surface area (Å²) in [6.45, 7) is -0.821. The van der Waals surface area contributed by atoms with E-state index in [-0.39, 0.29) is 22.7 Å². The highest BCUT2D eigenvalue weighted by molar-refractivity contribution is 7.71. The Labute approximate surface area is 183 Å². The molecular weight excluding hydrogens is 454 g/mol. The Morgan fingerprint density at radius 2 is 2.19 bits per heavy atom. The number of nitrogens with zero attached hydrogens (tertiary/aromatic N) is 1. The number of fused-ring (bicyclic) bond motifs is 1. The smallest absolute Gasteiger partial charge is 0.403 e. The summed E-state index contributed by atoms with van der Waals surface area (Å²) in [7, 11) is -4.71. The molecule has 0 bridgehead atoms. The van der Waals surface area contributed by atoms with E-state index in [9.17, 15) is 19.6 Å². The van der Waals surface area contributed by atoms with Crippen LogP contribution >= 0.6 is 20.0 Å². The zero-order valence-electron chi connectivity index (χ0n) is 18.3. The summed E-state index contributed by atoms with van der Waals surface area (Å²) in [4.78, 5) is 14.0. The topological polar surface area (TPSA) is 132 Å². The molecule has 2 aromatic rings. The second kappa shape index (κ2) is 7.89. The summed E-state index contributed by atoms with van der Waals surface area (Å²) in [6.07, 6.45) is -5.14. The lowest BCUT2D eigenvalue weighted by atomic mass is 10.1. The number of aromatic nitrogens is 2. The quantitative estimate of drug-likeness (QED) is 0.449. The van der Waals surface area contributed by atoms with Crippen molar-refractivity contribution < 1.29 is 40.2 Å². The Bertz CT molecular complexity index is 1270. The van der Waals surface area contributed by atoms with Crippen molar-refractivity contribution in [3.05, 3.63) is 56.2 Å². The molecule has 5 atom stereocenters. The molecular formula is C18H20FN2O8PS. The number of benzene rings is 1. The van der Waals surface area contributed by atoms with Gasteiger partial charge in [0.2, 0.25) is 0 Å². The van der Waals surface area contributed by atoms with E-state index in [0.29, 0.717) is 11.1 Å². The first kappa shape index (κ1) is 19.7. The van der Waals surface area contributed by atoms with Gasteiger partial charge in [-0.1, -0.05) is 18.2 Å². The van der Waals surface area contributed by atoms with Gasteiger partial charge in [0, 0.05) is 17.3 Å².